The molecule has 2 N–H and O–H groups in total. The van der Waals surface area contributed by atoms with Crippen molar-refractivity contribution in [1.82, 2.24) is 10.3 Å². The molecule has 0 bridgehead atoms. The number of nitrogens with one attached hydrogen (secondary N) is 1. The number of nitrogens with zero attached hydrogens (tertiary/aromatic N) is 1. The number of fused-ring (bicyclic) bond motifs is 1. The van der Waals surface area contributed by atoms with E-state index in [0.717, 1.165) is 17.8 Å². The summed E-state index contributed by atoms with van der Waals surface area (Å²) in [7, 11) is 0. The van der Waals surface area contributed by atoms with Crippen LogP contribution >= 0.6 is 11.3 Å². The highest BCUT2D eigenvalue weighted by atomic mass is 32.1. The standard InChI is InChI=1S/C15H14N2O5S/c1-7-12-9(18)3-2-4-10(12)22-13(7)14(19)16-5-11-17-8(6-23-11)15(20)21/h6H,2-5H2,1H3,(H,16,19)(H,20,21). The van der Waals surface area contributed by atoms with Crippen LogP contribution in [0.4, 0.5) is 0 Å². The van der Waals surface area contributed by atoms with Gasteiger partial charge in [-0.1, -0.05) is 0 Å². The Morgan fingerprint density at radius 1 is 1.43 bits per heavy atom. The molecule has 0 fully saturated rings. The van der Waals surface area contributed by atoms with Gasteiger partial charge in [-0.2, -0.15) is 0 Å². The predicted molar refractivity (Wildman–Crippen MR) is 81.0 cm³/mol. The van der Waals surface area contributed by atoms with E-state index in [2.05, 4.69) is 10.3 Å². The van der Waals surface area contributed by atoms with Crippen molar-refractivity contribution in [3.05, 3.63) is 38.7 Å². The van der Waals surface area contributed by atoms with E-state index in [9.17, 15) is 14.4 Å². The number of Topliss-reactive ketones (excluding diaryl/α,β-unsaturated/α-hetero) is 1. The van der Waals surface area contributed by atoms with Crippen molar-refractivity contribution in [2.45, 2.75) is 32.7 Å². The Bertz CT molecular complexity index is 805. The van der Waals surface area contributed by atoms with Crippen LogP contribution < -0.4 is 5.32 Å². The lowest BCUT2D eigenvalue weighted by Crippen LogP contribution is -2.23. The van der Waals surface area contributed by atoms with Crippen LogP contribution in [0.15, 0.2) is 9.80 Å². The minimum absolute atomic E-state index is 0.0116. The molecule has 1 aliphatic rings. The highest BCUT2D eigenvalue weighted by Gasteiger charge is 2.28. The molecule has 1 aliphatic carbocycles. The zero-order valence-corrected chi connectivity index (χ0v) is 13.2. The largest absolute Gasteiger partial charge is 0.476 e. The van der Waals surface area contributed by atoms with Crippen molar-refractivity contribution in [2.75, 3.05) is 0 Å². The molecule has 120 valence electrons. The molecule has 2 aromatic rings. The molecule has 7 nitrogen and oxygen atoms in total. The van der Waals surface area contributed by atoms with Crippen molar-refractivity contribution in [1.29, 1.82) is 0 Å². The maximum atomic E-state index is 12.2. The second-order valence-electron chi connectivity index (χ2n) is 5.25. The second-order valence-corrected chi connectivity index (χ2v) is 6.19. The smallest absolute Gasteiger partial charge is 0.355 e. The summed E-state index contributed by atoms with van der Waals surface area (Å²) in [5.41, 5.74) is 1.05. The summed E-state index contributed by atoms with van der Waals surface area (Å²) in [6, 6.07) is 0. The van der Waals surface area contributed by atoms with E-state index in [-0.39, 0.29) is 23.8 Å². The summed E-state index contributed by atoms with van der Waals surface area (Å²) in [4.78, 5) is 38.8. The monoisotopic (exact) mass is 334 g/mol. The Balaban J connectivity index is 1.73. The molecule has 3 rings (SSSR count). The molecule has 0 atom stereocenters. The molecular formula is C15H14N2O5S. The fourth-order valence-electron chi connectivity index (χ4n) is 2.59. The van der Waals surface area contributed by atoms with Gasteiger partial charge in [0.15, 0.2) is 17.2 Å². The number of ketones is 1. The van der Waals surface area contributed by atoms with Crippen molar-refractivity contribution >= 4 is 29.0 Å². The maximum absolute atomic E-state index is 12.2. The second kappa shape index (κ2) is 5.96. The fourth-order valence-corrected chi connectivity index (χ4v) is 3.30. The van der Waals surface area contributed by atoms with Crippen LogP contribution in [0.5, 0.6) is 0 Å². The molecule has 2 aromatic heterocycles. The minimum atomic E-state index is -1.10. The molecule has 0 spiro atoms. The normalized spacial score (nSPS) is 13.7. The minimum Gasteiger partial charge on any atom is -0.476 e. The topological polar surface area (TPSA) is 110 Å². The van der Waals surface area contributed by atoms with Crippen LogP contribution in [0.25, 0.3) is 0 Å². The average molecular weight is 334 g/mol. The van der Waals surface area contributed by atoms with E-state index in [1.165, 1.54) is 5.38 Å². The first-order valence-electron chi connectivity index (χ1n) is 7.08. The average Bonchev–Trinajstić information content (AvgIpc) is 3.11. The number of carbonyl (C=O) groups excluding carboxylic acids is 2. The molecule has 0 unspecified atom stereocenters. The number of aryl methyl sites for hydroxylation is 1. The van der Waals surface area contributed by atoms with Gasteiger partial charge in [-0.15, -0.1) is 11.3 Å². The number of furan rings is 1. The number of thiazole rings is 1. The van der Waals surface area contributed by atoms with Gasteiger partial charge in [0.1, 0.15) is 10.8 Å². The number of carboxylic acids is 1. The number of rotatable bonds is 4. The molecule has 23 heavy (non-hydrogen) atoms. The molecule has 0 aliphatic heterocycles. The van der Waals surface area contributed by atoms with Gasteiger partial charge >= 0.3 is 5.97 Å². The quantitative estimate of drug-likeness (QED) is 0.887. The van der Waals surface area contributed by atoms with E-state index in [1.807, 2.05) is 0 Å². The Labute approximate surface area is 135 Å². The highest BCUT2D eigenvalue weighted by molar-refractivity contribution is 7.09. The van der Waals surface area contributed by atoms with Crippen molar-refractivity contribution in [3.8, 4) is 0 Å². The van der Waals surface area contributed by atoms with Gasteiger partial charge in [-0.3, -0.25) is 9.59 Å². The molecule has 0 aromatic carbocycles. The molecule has 0 saturated heterocycles. The Kier molecular flexibility index (Phi) is 3.99. The van der Waals surface area contributed by atoms with Crippen molar-refractivity contribution in [3.63, 3.8) is 0 Å². The Morgan fingerprint density at radius 2 is 2.22 bits per heavy atom. The van der Waals surface area contributed by atoms with Crippen LogP contribution in [0.2, 0.25) is 0 Å². The summed E-state index contributed by atoms with van der Waals surface area (Å²) in [5.74, 6) is -0.812. The third-order valence-corrected chi connectivity index (χ3v) is 4.53. The number of carboxylic acid groups (broad SMARTS) is 1. The van der Waals surface area contributed by atoms with Crippen LogP contribution in [-0.2, 0) is 13.0 Å². The number of hydrogen-bond acceptors (Lipinski definition) is 6. The third-order valence-electron chi connectivity index (χ3n) is 3.68. The Hall–Kier alpha value is -2.48. The third kappa shape index (κ3) is 2.89. The van der Waals surface area contributed by atoms with E-state index >= 15 is 0 Å². The molecule has 1 amide bonds. The summed E-state index contributed by atoms with van der Waals surface area (Å²) >= 11 is 1.16. The van der Waals surface area contributed by atoms with Gasteiger partial charge in [-0.25, -0.2) is 9.78 Å². The van der Waals surface area contributed by atoms with E-state index < -0.39 is 11.9 Å². The fraction of sp³-hybridized carbons (Fsp3) is 0.333. The SMILES string of the molecule is Cc1c(C(=O)NCc2nc(C(=O)O)cs2)oc2c1C(=O)CCC2. The van der Waals surface area contributed by atoms with E-state index in [0.29, 0.717) is 34.7 Å². The summed E-state index contributed by atoms with van der Waals surface area (Å²) in [6.07, 6.45) is 1.87. The zero-order chi connectivity index (χ0) is 16.6. The molecule has 8 heteroatoms. The summed E-state index contributed by atoms with van der Waals surface area (Å²) < 4.78 is 5.56. The van der Waals surface area contributed by atoms with Crippen molar-refractivity contribution in [2.24, 2.45) is 0 Å². The number of carbonyl (C=O) groups is 3. The summed E-state index contributed by atoms with van der Waals surface area (Å²) in [6.45, 7) is 1.81. The lowest BCUT2D eigenvalue weighted by molar-refractivity contribution is 0.0690. The first-order valence-corrected chi connectivity index (χ1v) is 7.96. The lowest BCUT2D eigenvalue weighted by Gasteiger charge is -2.07. The maximum Gasteiger partial charge on any atom is 0.355 e. The van der Waals surface area contributed by atoms with Crippen molar-refractivity contribution < 1.29 is 23.9 Å². The van der Waals surface area contributed by atoms with Crippen LogP contribution in [-0.4, -0.2) is 27.8 Å². The lowest BCUT2D eigenvalue weighted by atomic mass is 9.94. The number of amides is 1. The molecular weight excluding hydrogens is 320 g/mol. The first kappa shape index (κ1) is 15.4. The Morgan fingerprint density at radius 3 is 2.87 bits per heavy atom. The molecule has 2 heterocycles. The van der Waals surface area contributed by atoms with Gasteiger partial charge < -0.3 is 14.8 Å². The van der Waals surface area contributed by atoms with Gasteiger partial charge in [0.25, 0.3) is 5.91 Å². The van der Waals surface area contributed by atoms with Crippen LogP contribution in [0.3, 0.4) is 0 Å². The van der Waals surface area contributed by atoms with Gasteiger partial charge in [0, 0.05) is 23.8 Å². The number of hydrogen-bond donors (Lipinski definition) is 2. The molecule has 0 saturated carbocycles. The van der Waals surface area contributed by atoms with Gasteiger partial charge in [0.05, 0.1) is 12.1 Å². The van der Waals surface area contributed by atoms with Crippen LogP contribution in [0.1, 0.15) is 60.6 Å². The molecule has 0 radical (unpaired) electrons. The predicted octanol–water partition coefficient (Wildman–Crippen LogP) is 2.19. The van der Waals surface area contributed by atoms with E-state index in [4.69, 9.17) is 9.52 Å². The number of aromatic carboxylic acids is 1. The van der Waals surface area contributed by atoms with Gasteiger partial charge in [0.2, 0.25) is 0 Å². The zero-order valence-electron chi connectivity index (χ0n) is 12.3. The van der Waals surface area contributed by atoms with Crippen LogP contribution in [0, 0.1) is 6.92 Å². The highest BCUT2D eigenvalue weighted by Crippen LogP contribution is 2.29. The van der Waals surface area contributed by atoms with E-state index in [1.54, 1.807) is 6.92 Å². The summed E-state index contributed by atoms with van der Waals surface area (Å²) in [5, 5.41) is 13.4. The number of aromatic nitrogens is 1. The first-order chi connectivity index (χ1) is 11.0. The van der Waals surface area contributed by atoms with Gasteiger partial charge in [-0.05, 0) is 13.3 Å².